The molecule has 1 aromatic carbocycles. The molecule has 4 aromatic rings. The molecule has 0 radical (unpaired) electrons. The first kappa shape index (κ1) is 19.3. The molecule has 0 aliphatic heterocycles. The van der Waals surface area contributed by atoms with E-state index in [-0.39, 0.29) is 6.04 Å². The van der Waals surface area contributed by atoms with Crippen LogP contribution in [0, 0.1) is 5.82 Å². The Kier molecular flexibility index (Phi) is 5.15. The van der Waals surface area contributed by atoms with Gasteiger partial charge in [-0.05, 0) is 48.4 Å². The van der Waals surface area contributed by atoms with Crippen LogP contribution in [0.1, 0.15) is 44.6 Å². The van der Waals surface area contributed by atoms with Crippen molar-refractivity contribution < 1.29 is 4.39 Å². The zero-order valence-electron chi connectivity index (χ0n) is 16.9. The van der Waals surface area contributed by atoms with E-state index in [9.17, 15) is 9.18 Å². The molecule has 158 valence electrons. The molecule has 0 saturated heterocycles. The van der Waals surface area contributed by atoms with Crippen LogP contribution in [0.5, 0.6) is 0 Å². The number of fused-ring (bicyclic) bond motifs is 1. The predicted octanol–water partition coefficient (Wildman–Crippen LogP) is 4.35. The van der Waals surface area contributed by atoms with Crippen molar-refractivity contribution in [1.29, 1.82) is 0 Å². The summed E-state index contributed by atoms with van der Waals surface area (Å²) in [4.78, 5) is 17.2. The maximum Gasteiger partial charge on any atom is 0.287 e. The number of pyridine rings is 2. The molecule has 9 heteroatoms. The van der Waals surface area contributed by atoms with Crippen LogP contribution in [-0.2, 0) is 0 Å². The van der Waals surface area contributed by atoms with Crippen molar-refractivity contribution in [3.63, 3.8) is 0 Å². The van der Waals surface area contributed by atoms with E-state index in [1.165, 1.54) is 6.07 Å². The number of tetrazole rings is 1. The summed E-state index contributed by atoms with van der Waals surface area (Å²) in [6, 6.07) is 10.7. The fourth-order valence-electron chi connectivity index (χ4n) is 4.28. The Morgan fingerprint density at radius 1 is 1.06 bits per heavy atom. The minimum Gasteiger partial charge on any atom is -0.340 e. The summed E-state index contributed by atoms with van der Waals surface area (Å²) < 4.78 is 16.0. The molecule has 8 nitrogen and oxygen atoms in total. The minimum absolute atomic E-state index is 0.0118. The van der Waals surface area contributed by atoms with E-state index in [0.29, 0.717) is 22.5 Å². The van der Waals surface area contributed by atoms with E-state index in [1.54, 1.807) is 10.8 Å². The molecular weight excluding hydrogens is 397 g/mol. The number of hydrogen-bond acceptors (Lipinski definition) is 6. The molecule has 2 N–H and O–H groups in total. The third kappa shape index (κ3) is 3.90. The SMILES string of the molecule is O=c1c(F)cc2cnc(Nc3ccc(-c4nn[nH]n4)cc3)cc2n1C1CCCCCC1. The van der Waals surface area contributed by atoms with Crippen molar-refractivity contribution in [2.24, 2.45) is 0 Å². The van der Waals surface area contributed by atoms with Crippen molar-refractivity contribution in [2.75, 3.05) is 5.32 Å². The van der Waals surface area contributed by atoms with E-state index in [1.807, 2.05) is 30.3 Å². The largest absolute Gasteiger partial charge is 0.340 e. The van der Waals surface area contributed by atoms with Gasteiger partial charge in [0, 0.05) is 34.9 Å². The second-order valence-electron chi connectivity index (χ2n) is 7.88. The quantitative estimate of drug-likeness (QED) is 0.477. The monoisotopic (exact) mass is 419 g/mol. The van der Waals surface area contributed by atoms with Gasteiger partial charge in [0.25, 0.3) is 5.56 Å². The molecule has 0 spiro atoms. The Balaban J connectivity index is 1.49. The highest BCUT2D eigenvalue weighted by Crippen LogP contribution is 2.30. The van der Waals surface area contributed by atoms with Gasteiger partial charge in [0.15, 0.2) is 5.82 Å². The van der Waals surface area contributed by atoms with Crippen LogP contribution in [-0.4, -0.2) is 30.2 Å². The van der Waals surface area contributed by atoms with Crippen LogP contribution in [0.2, 0.25) is 0 Å². The molecule has 0 unspecified atom stereocenters. The molecule has 0 atom stereocenters. The van der Waals surface area contributed by atoms with Crippen LogP contribution in [0.3, 0.4) is 0 Å². The van der Waals surface area contributed by atoms with Gasteiger partial charge in [-0.2, -0.15) is 5.21 Å². The number of H-pyrrole nitrogens is 1. The van der Waals surface area contributed by atoms with Gasteiger partial charge in [-0.25, -0.2) is 9.37 Å². The minimum atomic E-state index is -0.726. The van der Waals surface area contributed by atoms with Crippen LogP contribution in [0.25, 0.3) is 22.3 Å². The van der Waals surface area contributed by atoms with E-state index < -0.39 is 11.4 Å². The first-order valence-corrected chi connectivity index (χ1v) is 10.5. The van der Waals surface area contributed by atoms with Crippen LogP contribution in [0.4, 0.5) is 15.9 Å². The number of benzene rings is 1. The van der Waals surface area contributed by atoms with Crippen LogP contribution < -0.4 is 10.9 Å². The molecule has 31 heavy (non-hydrogen) atoms. The number of anilines is 2. The van der Waals surface area contributed by atoms with Gasteiger partial charge in [-0.1, -0.05) is 25.7 Å². The van der Waals surface area contributed by atoms with Gasteiger partial charge in [0.05, 0.1) is 5.52 Å². The van der Waals surface area contributed by atoms with Crippen molar-refractivity contribution in [3.05, 3.63) is 58.8 Å². The van der Waals surface area contributed by atoms with Gasteiger partial charge in [0.1, 0.15) is 5.82 Å². The maximum absolute atomic E-state index is 14.4. The number of nitrogens with zero attached hydrogens (tertiary/aromatic N) is 5. The first-order valence-electron chi connectivity index (χ1n) is 10.5. The van der Waals surface area contributed by atoms with E-state index in [0.717, 1.165) is 49.8 Å². The number of nitrogens with one attached hydrogen (secondary N) is 2. The lowest BCUT2D eigenvalue weighted by Gasteiger charge is -2.21. The topological polar surface area (TPSA) is 101 Å². The van der Waals surface area contributed by atoms with Gasteiger partial charge >= 0.3 is 0 Å². The highest BCUT2D eigenvalue weighted by atomic mass is 19.1. The predicted molar refractivity (Wildman–Crippen MR) is 116 cm³/mol. The Labute approximate surface area is 177 Å². The summed E-state index contributed by atoms with van der Waals surface area (Å²) >= 11 is 0. The van der Waals surface area contributed by atoms with Crippen molar-refractivity contribution in [1.82, 2.24) is 30.2 Å². The Morgan fingerprint density at radius 3 is 2.55 bits per heavy atom. The van der Waals surface area contributed by atoms with E-state index >= 15 is 0 Å². The maximum atomic E-state index is 14.4. The Morgan fingerprint density at radius 2 is 1.84 bits per heavy atom. The zero-order valence-corrected chi connectivity index (χ0v) is 16.9. The molecule has 1 aliphatic rings. The lowest BCUT2D eigenvalue weighted by molar-refractivity contribution is 0.432. The van der Waals surface area contributed by atoms with E-state index in [2.05, 4.69) is 30.9 Å². The molecule has 0 bridgehead atoms. The van der Waals surface area contributed by atoms with E-state index in [4.69, 9.17) is 0 Å². The fraction of sp³-hybridized carbons (Fsp3) is 0.318. The number of rotatable bonds is 4. The smallest absolute Gasteiger partial charge is 0.287 e. The average molecular weight is 419 g/mol. The van der Waals surface area contributed by atoms with Crippen LogP contribution in [0.15, 0.2) is 47.4 Å². The number of aromatic amines is 1. The highest BCUT2D eigenvalue weighted by molar-refractivity contribution is 5.81. The fourth-order valence-corrected chi connectivity index (χ4v) is 4.28. The molecule has 5 rings (SSSR count). The number of hydrogen-bond donors (Lipinski definition) is 2. The lowest BCUT2D eigenvalue weighted by atomic mass is 10.1. The van der Waals surface area contributed by atoms with Crippen molar-refractivity contribution >= 4 is 22.4 Å². The summed E-state index contributed by atoms with van der Waals surface area (Å²) in [7, 11) is 0. The molecule has 3 heterocycles. The molecule has 1 saturated carbocycles. The standard InChI is InChI=1S/C22H22FN7O/c23-18-11-15-13-24-20(25-16-9-7-14(8-10-16)21-26-28-29-27-21)12-19(15)30(22(18)31)17-5-3-1-2-4-6-17/h7-13,17H,1-6H2,(H,24,25)(H,26,27,28,29). The van der Waals surface area contributed by atoms with Gasteiger partial charge < -0.3 is 9.88 Å². The summed E-state index contributed by atoms with van der Waals surface area (Å²) in [5.41, 5.74) is 1.81. The average Bonchev–Trinajstić information content (AvgIpc) is 3.19. The molecule has 3 aromatic heterocycles. The van der Waals surface area contributed by atoms with Gasteiger partial charge in [-0.15, -0.1) is 10.2 Å². The summed E-state index contributed by atoms with van der Waals surface area (Å²) in [5, 5.41) is 17.8. The molecule has 1 fully saturated rings. The lowest BCUT2D eigenvalue weighted by Crippen LogP contribution is -2.27. The zero-order chi connectivity index (χ0) is 21.2. The first-order chi connectivity index (χ1) is 15.2. The number of aromatic nitrogens is 6. The number of halogens is 1. The summed E-state index contributed by atoms with van der Waals surface area (Å²) in [5.74, 6) is 0.384. The third-order valence-electron chi connectivity index (χ3n) is 5.83. The van der Waals surface area contributed by atoms with Crippen molar-refractivity contribution in [3.8, 4) is 11.4 Å². The van der Waals surface area contributed by atoms with Gasteiger partial charge in [0.2, 0.25) is 5.82 Å². The normalized spacial score (nSPS) is 15.1. The van der Waals surface area contributed by atoms with Crippen LogP contribution >= 0.6 is 0 Å². The Hall–Kier alpha value is -3.62. The highest BCUT2D eigenvalue weighted by Gasteiger charge is 2.20. The summed E-state index contributed by atoms with van der Waals surface area (Å²) in [6.45, 7) is 0. The molecule has 0 amide bonds. The Bertz CT molecular complexity index is 1240. The summed E-state index contributed by atoms with van der Waals surface area (Å²) in [6.07, 6.45) is 7.82. The second kappa shape index (κ2) is 8.25. The third-order valence-corrected chi connectivity index (χ3v) is 5.83. The molecular formula is C22H22FN7O. The van der Waals surface area contributed by atoms with Crippen molar-refractivity contribution in [2.45, 2.75) is 44.6 Å². The van der Waals surface area contributed by atoms with Gasteiger partial charge in [-0.3, -0.25) is 4.79 Å². The second-order valence-corrected chi connectivity index (χ2v) is 7.88. The molecule has 1 aliphatic carbocycles.